The second-order valence-corrected chi connectivity index (χ2v) is 4.03. The van der Waals surface area contributed by atoms with Crippen molar-refractivity contribution in [3.05, 3.63) is 29.6 Å². The largest absolute Gasteiger partial charge is 0.481 e. The van der Waals surface area contributed by atoms with Crippen molar-refractivity contribution in [2.24, 2.45) is 0 Å². The Morgan fingerprint density at radius 2 is 2.11 bits per heavy atom. The van der Waals surface area contributed by atoms with E-state index >= 15 is 0 Å². The lowest BCUT2D eigenvalue weighted by atomic mass is 10.2. The van der Waals surface area contributed by atoms with Crippen LogP contribution in [0.2, 0.25) is 0 Å². The van der Waals surface area contributed by atoms with Gasteiger partial charge < -0.3 is 15.7 Å². The number of hydrogen-bond donors (Lipinski definition) is 3. The maximum absolute atomic E-state index is 13.4. The number of aryl methyl sites for hydroxylation is 1. The predicted octanol–water partition coefficient (Wildman–Crippen LogP) is 2.12. The zero-order valence-electron chi connectivity index (χ0n) is 10.2. The average Bonchev–Trinajstić information content (AvgIpc) is 2.22. The summed E-state index contributed by atoms with van der Waals surface area (Å²) in [5.74, 6) is -1.54. The van der Waals surface area contributed by atoms with Crippen LogP contribution in [0.1, 0.15) is 18.9 Å². The van der Waals surface area contributed by atoms with E-state index in [1.54, 1.807) is 26.0 Å². The molecule has 0 radical (unpaired) electrons. The molecule has 0 aliphatic carbocycles. The van der Waals surface area contributed by atoms with Crippen molar-refractivity contribution >= 4 is 17.7 Å². The molecule has 1 unspecified atom stereocenters. The van der Waals surface area contributed by atoms with E-state index in [4.69, 9.17) is 5.11 Å². The highest BCUT2D eigenvalue weighted by Gasteiger charge is 2.13. The Morgan fingerprint density at radius 3 is 2.67 bits per heavy atom. The lowest BCUT2D eigenvalue weighted by molar-refractivity contribution is -0.137. The molecule has 0 aliphatic heterocycles. The van der Waals surface area contributed by atoms with E-state index in [1.807, 2.05) is 0 Å². The zero-order chi connectivity index (χ0) is 13.7. The van der Waals surface area contributed by atoms with Crippen molar-refractivity contribution in [1.82, 2.24) is 5.32 Å². The highest BCUT2D eigenvalue weighted by Crippen LogP contribution is 2.18. The van der Waals surface area contributed by atoms with E-state index in [1.165, 1.54) is 6.07 Å². The minimum absolute atomic E-state index is 0.0949. The van der Waals surface area contributed by atoms with Crippen LogP contribution in [-0.4, -0.2) is 23.1 Å². The Labute approximate surface area is 104 Å². The van der Waals surface area contributed by atoms with Crippen molar-refractivity contribution in [2.45, 2.75) is 26.3 Å². The van der Waals surface area contributed by atoms with E-state index in [9.17, 15) is 14.0 Å². The maximum atomic E-state index is 13.4. The summed E-state index contributed by atoms with van der Waals surface area (Å²) in [5.41, 5.74) is 0.688. The van der Waals surface area contributed by atoms with E-state index in [-0.39, 0.29) is 12.1 Å². The van der Waals surface area contributed by atoms with Gasteiger partial charge in [-0.2, -0.15) is 0 Å². The van der Waals surface area contributed by atoms with Crippen LogP contribution in [0.15, 0.2) is 18.2 Å². The minimum Gasteiger partial charge on any atom is -0.481 e. The molecular formula is C12H15FN2O3. The van der Waals surface area contributed by atoms with Gasteiger partial charge in [0.15, 0.2) is 0 Å². The third kappa shape index (κ3) is 4.04. The van der Waals surface area contributed by atoms with Gasteiger partial charge in [0, 0.05) is 6.04 Å². The normalized spacial score (nSPS) is 11.7. The van der Waals surface area contributed by atoms with Crippen molar-refractivity contribution in [3.8, 4) is 0 Å². The first-order valence-corrected chi connectivity index (χ1v) is 5.44. The van der Waals surface area contributed by atoms with Crippen LogP contribution >= 0.6 is 0 Å². The topological polar surface area (TPSA) is 78.4 Å². The van der Waals surface area contributed by atoms with Crippen LogP contribution < -0.4 is 10.6 Å². The Morgan fingerprint density at radius 1 is 1.44 bits per heavy atom. The molecule has 1 rings (SSSR count). The quantitative estimate of drug-likeness (QED) is 0.770. The number of aliphatic carboxylic acids is 1. The molecule has 5 nitrogen and oxygen atoms in total. The van der Waals surface area contributed by atoms with Crippen LogP contribution in [0, 0.1) is 12.7 Å². The number of para-hydroxylation sites is 1. The molecule has 1 atom stereocenters. The molecule has 0 spiro atoms. The number of carboxylic acid groups (broad SMARTS) is 1. The molecule has 98 valence electrons. The van der Waals surface area contributed by atoms with Crippen molar-refractivity contribution in [3.63, 3.8) is 0 Å². The smallest absolute Gasteiger partial charge is 0.319 e. The number of hydrogen-bond acceptors (Lipinski definition) is 2. The fraction of sp³-hybridized carbons (Fsp3) is 0.333. The number of halogens is 1. The van der Waals surface area contributed by atoms with Gasteiger partial charge in [-0.25, -0.2) is 9.18 Å². The highest BCUT2D eigenvalue weighted by atomic mass is 19.1. The fourth-order valence-corrected chi connectivity index (χ4v) is 1.48. The number of carboxylic acids is 1. The summed E-state index contributed by atoms with van der Waals surface area (Å²) in [4.78, 5) is 22.0. The fourth-order valence-electron chi connectivity index (χ4n) is 1.48. The second kappa shape index (κ2) is 6.00. The molecule has 1 aromatic rings. The predicted molar refractivity (Wildman–Crippen MR) is 65.0 cm³/mol. The number of carbonyl (C=O) groups is 2. The number of rotatable bonds is 4. The Kier molecular flexibility index (Phi) is 4.65. The second-order valence-electron chi connectivity index (χ2n) is 4.03. The molecule has 0 aromatic heterocycles. The van der Waals surface area contributed by atoms with Gasteiger partial charge in [0.1, 0.15) is 5.82 Å². The summed E-state index contributed by atoms with van der Waals surface area (Å²) < 4.78 is 13.4. The van der Waals surface area contributed by atoms with E-state index in [2.05, 4.69) is 10.6 Å². The van der Waals surface area contributed by atoms with Crippen molar-refractivity contribution < 1.29 is 19.1 Å². The summed E-state index contributed by atoms with van der Waals surface area (Å²) in [6, 6.07) is 3.29. The number of benzene rings is 1. The maximum Gasteiger partial charge on any atom is 0.319 e. The van der Waals surface area contributed by atoms with Gasteiger partial charge >= 0.3 is 12.0 Å². The molecule has 0 bridgehead atoms. The number of anilines is 1. The molecule has 2 amide bonds. The first-order valence-electron chi connectivity index (χ1n) is 5.44. The molecule has 0 fully saturated rings. The van der Waals surface area contributed by atoms with Crippen LogP contribution in [-0.2, 0) is 4.79 Å². The van der Waals surface area contributed by atoms with E-state index in [0.717, 1.165) is 0 Å². The lowest BCUT2D eigenvalue weighted by Crippen LogP contribution is -2.37. The molecule has 0 saturated heterocycles. The van der Waals surface area contributed by atoms with Crippen LogP contribution in [0.25, 0.3) is 0 Å². The summed E-state index contributed by atoms with van der Waals surface area (Å²) in [5, 5.41) is 13.3. The summed E-state index contributed by atoms with van der Waals surface area (Å²) >= 11 is 0. The number of nitrogens with one attached hydrogen (secondary N) is 2. The Balaban J connectivity index is 2.62. The first-order chi connectivity index (χ1) is 8.40. The van der Waals surface area contributed by atoms with Gasteiger partial charge in [0.2, 0.25) is 0 Å². The molecule has 0 heterocycles. The molecule has 6 heteroatoms. The van der Waals surface area contributed by atoms with Gasteiger partial charge in [-0.1, -0.05) is 12.1 Å². The number of carbonyl (C=O) groups excluding carboxylic acids is 1. The minimum atomic E-state index is -1.01. The van der Waals surface area contributed by atoms with Gasteiger partial charge in [0.05, 0.1) is 12.1 Å². The molecule has 3 N–H and O–H groups in total. The van der Waals surface area contributed by atoms with Gasteiger partial charge in [-0.05, 0) is 25.5 Å². The van der Waals surface area contributed by atoms with Crippen molar-refractivity contribution in [2.75, 3.05) is 5.32 Å². The molecule has 18 heavy (non-hydrogen) atoms. The van der Waals surface area contributed by atoms with Gasteiger partial charge in [-0.3, -0.25) is 4.79 Å². The highest BCUT2D eigenvalue weighted by molar-refractivity contribution is 5.90. The lowest BCUT2D eigenvalue weighted by Gasteiger charge is -2.14. The van der Waals surface area contributed by atoms with Gasteiger partial charge in [0.25, 0.3) is 0 Å². The zero-order valence-corrected chi connectivity index (χ0v) is 10.2. The Bertz CT molecular complexity index is 442. The third-order valence-corrected chi connectivity index (χ3v) is 2.32. The van der Waals surface area contributed by atoms with Crippen LogP contribution in [0.4, 0.5) is 14.9 Å². The standard InChI is InChI=1S/C12H15FN2O3/c1-7-4-3-5-9(13)11(7)15-12(18)14-8(2)6-10(16)17/h3-5,8H,6H2,1-2H3,(H,16,17)(H2,14,15,18). The molecule has 1 aromatic carbocycles. The monoisotopic (exact) mass is 254 g/mol. The number of amides is 2. The van der Waals surface area contributed by atoms with Crippen LogP contribution in [0.5, 0.6) is 0 Å². The molecule has 0 saturated carbocycles. The van der Waals surface area contributed by atoms with Gasteiger partial charge in [-0.15, -0.1) is 0 Å². The van der Waals surface area contributed by atoms with Crippen molar-refractivity contribution in [1.29, 1.82) is 0 Å². The first kappa shape index (κ1) is 14.0. The average molecular weight is 254 g/mol. The Hall–Kier alpha value is -2.11. The molecule has 0 aliphatic rings. The third-order valence-electron chi connectivity index (χ3n) is 2.32. The summed E-state index contributed by atoms with van der Waals surface area (Å²) in [6.07, 6.45) is -0.191. The van der Waals surface area contributed by atoms with E-state index < -0.39 is 23.9 Å². The summed E-state index contributed by atoms with van der Waals surface area (Å²) in [7, 11) is 0. The van der Waals surface area contributed by atoms with Crippen LogP contribution in [0.3, 0.4) is 0 Å². The number of urea groups is 1. The SMILES string of the molecule is Cc1cccc(F)c1NC(=O)NC(C)CC(=O)O. The summed E-state index contributed by atoms with van der Waals surface area (Å²) in [6.45, 7) is 3.22. The molecular weight excluding hydrogens is 239 g/mol. The van der Waals surface area contributed by atoms with E-state index in [0.29, 0.717) is 5.56 Å².